The van der Waals surface area contributed by atoms with E-state index < -0.39 is 23.2 Å². The number of anilines is 1. The van der Waals surface area contributed by atoms with Crippen molar-refractivity contribution in [1.29, 1.82) is 0 Å². The molecule has 5 aromatic rings. The van der Waals surface area contributed by atoms with Crippen LogP contribution in [0.5, 0.6) is 0 Å². The zero-order valence-electron chi connectivity index (χ0n) is 21.4. The standard InChI is InChI=1S/C17H12Cl3N3O2.C10H8N2O4/c1-25-16(24)9-3-5-14-12(6-9)15(23-17(20)22-14)21-8-10-2-4-11(18)7-13(10)19;1-16-9(14)5-2-3-7-6(4-5)8(13)12-10(15)11-7/h2-7H,8H2,1H3,(H,21,22,23);2-4H,1H3,(H2,11,12,13,15). The van der Waals surface area contributed by atoms with Crippen LogP contribution >= 0.6 is 34.8 Å². The first-order valence-corrected chi connectivity index (χ1v) is 12.8. The molecule has 0 saturated heterocycles. The van der Waals surface area contributed by atoms with Crippen molar-refractivity contribution in [2.24, 2.45) is 0 Å². The summed E-state index contributed by atoms with van der Waals surface area (Å²) in [4.78, 5) is 58.3. The molecule has 0 amide bonds. The lowest BCUT2D eigenvalue weighted by atomic mass is 10.1. The molecule has 210 valence electrons. The molecule has 0 unspecified atom stereocenters. The second kappa shape index (κ2) is 12.8. The molecule has 0 radical (unpaired) electrons. The zero-order chi connectivity index (χ0) is 29.7. The SMILES string of the molecule is COC(=O)c1ccc2[nH]c(=O)[nH]c(=O)c2c1.COC(=O)c1ccc2nc(Cl)nc(NCc3ccc(Cl)cc3Cl)c2c1. The van der Waals surface area contributed by atoms with Crippen molar-refractivity contribution in [2.75, 3.05) is 19.5 Å². The van der Waals surface area contributed by atoms with Gasteiger partial charge in [-0.25, -0.2) is 24.4 Å². The third-order valence-corrected chi connectivity index (χ3v) is 6.47. The van der Waals surface area contributed by atoms with E-state index in [1.54, 1.807) is 30.3 Å². The molecule has 0 spiro atoms. The number of aromatic nitrogens is 4. The third-order valence-electron chi connectivity index (χ3n) is 5.71. The highest BCUT2D eigenvalue weighted by molar-refractivity contribution is 6.35. The van der Waals surface area contributed by atoms with Crippen LogP contribution in [0.4, 0.5) is 5.82 Å². The Morgan fingerprint density at radius 3 is 2.15 bits per heavy atom. The van der Waals surface area contributed by atoms with E-state index in [2.05, 4.69) is 30.0 Å². The van der Waals surface area contributed by atoms with Gasteiger partial charge in [-0.1, -0.05) is 29.3 Å². The van der Waals surface area contributed by atoms with Crippen molar-refractivity contribution in [2.45, 2.75) is 6.54 Å². The van der Waals surface area contributed by atoms with Crippen LogP contribution in [0.2, 0.25) is 15.3 Å². The number of esters is 2. The van der Waals surface area contributed by atoms with Crippen LogP contribution < -0.4 is 16.6 Å². The maximum absolute atomic E-state index is 11.8. The summed E-state index contributed by atoms with van der Waals surface area (Å²) >= 11 is 18.1. The molecule has 0 fully saturated rings. The molecule has 0 aliphatic heterocycles. The summed E-state index contributed by atoms with van der Waals surface area (Å²) in [7, 11) is 2.58. The summed E-state index contributed by atoms with van der Waals surface area (Å²) in [5.74, 6) is -0.484. The van der Waals surface area contributed by atoms with Crippen LogP contribution in [0.25, 0.3) is 21.8 Å². The van der Waals surface area contributed by atoms with Gasteiger partial charge in [0.2, 0.25) is 5.28 Å². The highest BCUT2D eigenvalue weighted by atomic mass is 35.5. The van der Waals surface area contributed by atoms with Crippen molar-refractivity contribution in [3.63, 3.8) is 0 Å². The minimum atomic E-state index is -0.580. The van der Waals surface area contributed by atoms with Crippen LogP contribution in [0.15, 0.2) is 64.2 Å². The Balaban J connectivity index is 0.000000208. The third kappa shape index (κ3) is 7.01. The number of H-pyrrole nitrogens is 2. The Bertz CT molecular complexity index is 1910. The van der Waals surface area contributed by atoms with Gasteiger partial charge >= 0.3 is 17.6 Å². The van der Waals surface area contributed by atoms with Gasteiger partial charge in [-0.2, -0.15) is 0 Å². The lowest BCUT2D eigenvalue weighted by Crippen LogP contribution is -2.22. The molecule has 0 atom stereocenters. The van der Waals surface area contributed by atoms with Gasteiger partial charge in [0.05, 0.1) is 41.8 Å². The number of carbonyl (C=O) groups is 2. The molecular weight excluding hydrogens is 597 g/mol. The molecule has 5 rings (SSSR count). The quantitative estimate of drug-likeness (QED) is 0.183. The predicted octanol–water partition coefficient (Wildman–Crippen LogP) is 4.99. The molecule has 0 bridgehead atoms. The lowest BCUT2D eigenvalue weighted by Gasteiger charge is -2.11. The van der Waals surface area contributed by atoms with Crippen LogP contribution in [0.1, 0.15) is 26.3 Å². The molecule has 11 nitrogen and oxygen atoms in total. The number of nitrogens with one attached hydrogen (secondary N) is 3. The van der Waals surface area contributed by atoms with E-state index in [1.165, 1.54) is 32.4 Å². The van der Waals surface area contributed by atoms with Gasteiger partial charge in [-0.3, -0.25) is 9.78 Å². The van der Waals surface area contributed by atoms with Crippen molar-refractivity contribution in [1.82, 2.24) is 19.9 Å². The van der Waals surface area contributed by atoms with E-state index in [9.17, 15) is 19.2 Å². The second-order valence-electron chi connectivity index (χ2n) is 8.31. The number of fused-ring (bicyclic) bond motifs is 2. The van der Waals surface area contributed by atoms with Gasteiger partial charge < -0.3 is 19.8 Å². The molecule has 41 heavy (non-hydrogen) atoms. The van der Waals surface area contributed by atoms with E-state index >= 15 is 0 Å². The molecule has 2 aromatic heterocycles. The van der Waals surface area contributed by atoms with E-state index in [0.717, 1.165) is 5.56 Å². The number of nitrogens with zero attached hydrogens (tertiary/aromatic N) is 2. The minimum absolute atomic E-state index is 0.100. The summed E-state index contributed by atoms with van der Waals surface area (Å²) in [6.07, 6.45) is 0. The van der Waals surface area contributed by atoms with E-state index in [0.29, 0.717) is 44.4 Å². The number of hydrogen-bond acceptors (Lipinski definition) is 9. The number of benzene rings is 3. The fraction of sp³-hybridized carbons (Fsp3) is 0.111. The van der Waals surface area contributed by atoms with Crippen molar-refractivity contribution in [3.05, 3.63) is 107 Å². The average molecular weight is 617 g/mol. The lowest BCUT2D eigenvalue weighted by molar-refractivity contribution is 0.0592. The molecule has 2 heterocycles. The molecular formula is C27H20Cl3N5O6. The first kappa shape index (κ1) is 29.5. The summed E-state index contributed by atoms with van der Waals surface area (Å²) in [6.45, 7) is 0.404. The summed E-state index contributed by atoms with van der Waals surface area (Å²) in [6, 6.07) is 14.5. The fourth-order valence-corrected chi connectivity index (χ4v) is 4.38. The van der Waals surface area contributed by atoms with Gasteiger partial charge in [0.15, 0.2) is 0 Å². The van der Waals surface area contributed by atoms with Gasteiger partial charge in [0.25, 0.3) is 5.56 Å². The van der Waals surface area contributed by atoms with Gasteiger partial charge in [0, 0.05) is 22.0 Å². The van der Waals surface area contributed by atoms with Crippen molar-refractivity contribution >= 4 is 74.4 Å². The Labute approximate surface area is 246 Å². The van der Waals surface area contributed by atoms with E-state index in [-0.39, 0.29) is 16.2 Å². The summed E-state index contributed by atoms with van der Waals surface area (Å²) < 4.78 is 9.27. The second-order valence-corrected chi connectivity index (χ2v) is 9.50. The molecule has 3 N–H and O–H groups in total. The van der Waals surface area contributed by atoms with Gasteiger partial charge in [-0.15, -0.1) is 0 Å². The fourth-order valence-electron chi connectivity index (χ4n) is 3.73. The largest absolute Gasteiger partial charge is 0.465 e. The average Bonchev–Trinajstić information content (AvgIpc) is 2.95. The molecule has 14 heteroatoms. The van der Waals surface area contributed by atoms with Crippen LogP contribution in [-0.4, -0.2) is 46.1 Å². The van der Waals surface area contributed by atoms with E-state index in [1.807, 2.05) is 6.07 Å². The number of hydrogen-bond donors (Lipinski definition) is 3. The number of aromatic amines is 2. The number of rotatable bonds is 5. The first-order valence-electron chi connectivity index (χ1n) is 11.7. The number of ether oxygens (including phenoxy) is 2. The monoisotopic (exact) mass is 615 g/mol. The maximum Gasteiger partial charge on any atom is 0.337 e. The number of methoxy groups -OCH3 is 2. The zero-order valence-corrected chi connectivity index (χ0v) is 23.6. The van der Waals surface area contributed by atoms with E-state index in [4.69, 9.17) is 39.5 Å². The number of carbonyl (C=O) groups excluding carboxylic acids is 2. The van der Waals surface area contributed by atoms with Crippen molar-refractivity contribution in [3.8, 4) is 0 Å². The Hall–Kier alpha value is -4.45. The van der Waals surface area contributed by atoms with Crippen LogP contribution in [0.3, 0.4) is 0 Å². The normalized spacial score (nSPS) is 10.6. The molecule has 0 aliphatic carbocycles. The Kier molecular flexibility index (Phi) is 9.23. The molecule has 0 saturated carbocycles. The van der Waals surface area contributed by atoms with Crippen molar-refractivity contribution < 1.29 is 19.1 Å². The van der Waals surface area contributed by atoms with Crippen LogP contribution in [-0.2, 0) is 16.0 Å². The predicted molar refractivity (Wildman–Crippen MR) is 156 cm³/mol. The highest BCUT2D eigenvalue weighted by Crippen LogP contribution is 2.26. The van der Waals surface area contributed by atoms with Crippen LogP contribution in [0, 0.1) is 0 Å². The van der Waals surface area contributed by atoms with Gasteiger partial charge in [0.1, 0.15) is 5.82 Å². The highest BCUT2D eigenvalue weighted by Gasteiger charge is 2.12. The van der Waals surface area contributed by atoms with Gasteiger partial charge in [-0.05, 0) is 65.7 Å². The summed E-state index contributed by atoms with van der Waals surface area (Å²) in [5, 5.41) is 5.27. The Morgan fingerprint density at radius 2 is 1.49 bits per heavy atom. The topological polar surface area (TPSA) is 156 Å². The number of halogens is 3. The molecule has 0 aliphatic rings. The molecule has 3 aromatic carbocycles. The smallest absolute Gasteiger partial charge is 0.337 e. The Morgan fingerprint density at radius 1 is 0.829 bits per heavy atom. The summed E-state index contributed by atoms with van der Waals surface area (Å²) in [5.41, 5.74) is 1.37. The minimum Gasteiger partial charge on any atom is -0.465 e. The first-order chi connectivity index (χ1) is 19.6. The maximum atomic E-state index is 11.8.